The summed E-state index contributed by atoms with van der Waals surface area (Å²) < 4.78 is 17.4. The number of ether oxygens (including phenoxy) is 3. The molecule has 0 amide bonds. The Hall–Kier alpha value is -2.66. The van der Waals surface area contributed by atoms with E-state index in [2.05, 4.69) is 81.5 Å². The predicted octanol–water partition coefficient (Wildman–Crippen LogP) is 20.2. The van der Waals surface area contributed by atoms with Gasteiger partial charge in [0.25, 0.3) is 0 Å². The van der Waals surface area contributed by atoms with Crippen molar-refractivity contribution in [3.63, 3.8) is 0 Å². The molecule has 1 atom stereocenters. The van der Waals surface area contributed by atoms with Crippen LogP contribution in [0.15, 0.2) is 72.9 Å². The van der Waals surface area contributed by atoms with Gasteiger partial charge in [-0.15, -0.1) is 0 Å². The van der Waals surface area contributed by atoms with Crippen LogP contribution < -0.4 is 0 Å². The molecule has 0 heterocycles. The van der Waals surface area contributed by atoms with Crippen molar-refractivity contribution in [2.75, 3.05) is 19.8 Å². The molecule has 0 bridgehead atoms. The summed E-state index contributed by atoms with van der Waals surface area (Å²) in [5, 5.41) is 0. The number of hydrogen-bond donors (Lipinski definition) is 0. The Labute approximate surface area is 423 Å². The Morgan fingerprint density at radius 1 is 0.353 bits per heavy atom. The molecule has 0 aliphatic carbocycles. The molecule has 5 nitrogen and oxygen atoms in total. The first-order valence-electron chi connectivity index (χ1n) is 29.5. The molecule has 0 aromatic rings. The lowest BCUT2D eigenvalue weighted by Crippen LogP contribution is -2.29. The molecular weight excluding hydrogens is 837 g/mol. The van der Waals surface area contributed by atoms with Gasteiger partial charge in [-0.3, -0.25) is 9.59 Å². The molecule has 0 saturated carbocycles. The van der Waals surface area contributed by atoms with Crippen molar-refractivity contribution in [3.05, 3.63) is 72.9 Å². The highest BCUT2D eigenvalue weighted by molar-refractivity contribution is 5.71. The molecular formula is C63H112O5. The fourth-order valence-electron chi connectivity index (χ4n) is 8.41. The van der Waals surface area contributed by atoms with Crippen LogP contribution in [0.5, 0.6) is 0 Å². The summed E-state index contributed by atoms with van der Waals surface area (Å²) >= 11 is 0. The molecule has 1 unspecified atom stereocenters. The van der Waals surface area contributed by atoms with E-state index in [1.54, 1.807) is 0 Å². The number of rotatable bonds is 54. The summed E-state index contributed by atoms with van der Waals surface area (Å²) in [5.41, 5.74) is 0. The third-order valence-corrected chi connectivity index (χ3v) is 12.8. The fraction of sp³-hybridized carbons (Fsp3) is 0.778. The Bertz CT molecular complexity index is 1210. The van der Waals surface area contributed by atoms with E-state index < -0.39 is 6.10 Å². The lowest BCUT2D eigenvalue weighted by atomic mass is 10.0. The second-order valence-electron chi connectivity index (χ2n) is 19.5. The first kappa shape index (κ1) is 65.3. The number of carbonyl (C=O) groups is 2. The summed E-state index contributed by atoms with van der Waals surface area (Å²) in [7, 11) is 0. The fourth-order valence-corrected chi connectivity index (χ4v) is 8.41. The van der Waals surface area contributed by atoms with Crippen molar-refractivity contribution in [2.45, 2.75) is 297 Å². The minimum absolute atomic E-state index is 0.0459. The van der Waals surface area contributed by atoms with Gasteiger partial charge in [-0.05, 0) is 70.6 Å². The van der Waals surface area contributed by atoms with Crippen molar-refractivity contribution in [2.24, 2.45) is 0 Å². The Morgan fingerprint density at radius 3 is 1.12 bits per heavy atom. The van der Waals surface area contributed by atoms with E-state index >= 15 is 0 Å². The van der Waals surface area contributed by atoms with E-state index in [1.165, 1.54) is 199 Å². The molecule has 0 rings (SSSR count). The van der Waals surface area contributed by atoms with Crippen molar-refractivity contribution >= 4 is 11.9 Å². The number of hydrogen-bond acceptors (Lipinski definition) is 5. The molecule has 0 aromatic heterocycles. The molecule has 0 N–H and O–H groups in total. The van der Waals surface area contributed by atoms with Crippen LogP contribution in [0.3, 0.4) is 0 Å². The van der Waals surface area contributed by atoms with E-state index in [4.69, 9.17) is 14.2 Å². The Morgan fingerprint density at radius 2 is 0.706 bits per heavy atom. The molecule has 0 aromatic carbocycles. The second kappa shape index (κ2) is 58.7. The molecule has 0 fully saturated rings. The van der Waals surface area contributed by atoms with Gasteiger partial charge in [0.05, 0.1) is 13.0 Å². The van der Waals surface area contributed by atoms with Crippen molar-refractivity contribution in [1.82, 2.24) is 0 Å². The normalized spacial score (nSPS) is 12.7. The average Bonchev–Trinajstić information content (AvgIpc) is 3.34. The summed E-state index contributed by atoms with van der Waals surface area (Å²) in [4.78, 5) is 25.5. The highest BCUT2D eigenvalue weighted by Crippen LogP contribution is 2.16. The largest absolute Gasteiger partial charge is 0.462 e. The van der Waals surface area contributed by atoms with E-state index in [1.807, 2.05) is 12.2 Å². The zero-order valence-corrected chi connectivity index (χ0v) is 45.4. The minimum Gasteiger partial charge on any atom is -0.462 e. The van der Waals surface area contributed by atoms with E-state index in [9.17, 15) is 9.59 Å². The van der Waals surface area contributed by atoms with Crippen LogP contribution in [0, 0.1) is 0 Å². The maximum atomic E-state index is 12.8. The zero-order chi connectivity index (χ0) is 49.2. The van der Waals surface area contributed by atoms with Gasteiger partial charge in [0.15, 0.2) is 6.10 Å². The van der Waals surface area contributed by atoms with Gasteiger partial charge in [0, 0.05) is 13.0 Å². The number of unbranched alkanes of at least 4 members (excludes halogenated alkanes) is 32. The van der Waals surface area contributed by atoms with Gasteiger partial charge in [0.2, 0.25) is 0 Å². The van der Waals surface area contributed by atoms with Gasteiger partial charge in [-0.2, -0.15) is 0 Å². The molecule has 68 heavy (non-hydrogen) atoms. The summed E-state index contributed by atoms with van der Waals surface area (Å²) in [6, 6.07) is 0. The molecule has 0 saturated heterocycles. The first-order chi connectivity index (χ1) is 33.6. The van der Waals surface area contributed by atoms with Crippen LogP contribution in [0.2, 0.25) is 0 Å². The van der Waals surface area contributed by atoms with E-state index in [0.717, 1.165) is 57.8 Å². The van der Waals surface area contributed by atoms with Gasteiger partial charge in [0.1, 0.15) is 6.61 Å². The number of carbonyl (C=O) groups excluding carboxylic acids is 2. The van der Waals surface area contributed by atoms with Crippen LogP contribution in [0.1, 0.15) is 290 Å². The lowest BCUT2D eigenvalue weighted by molar-refractivity contribution is -0.162. The van der Waals surface area contributed by atoms with Gasteiger partial charge in [-0.25, -0.2) is 0 Å². The average molecular weight is 950 g/mol. The van der Waals surface area contributed by atoms with Crippen LogP contribution in [-0.2, 0) is 23.8 Å². The van der Waals surface area contributed by atoms with Gasteiger partial charge in [-0.1, -0.05) is 280 Å². The molecule has 394 valence electrons. The molecule has 0 radical (unpaired) electrons. The second-order valence-corrected chi connectivity index (χ2v) is 19.5. The maximum absolute atomic E-state index is 12.8. The molecule has 0 aliphatic rings. The van der Waals surface area contributed by atoms with Crippen LogP contribution in [0.4, 0.5) is 0 Å². The van der Waals surface area contributed by atoms with Gasteiger partial charge < -0.3 is 14.2 Å². The van der Waals surface area contributed by atoms with Crippen LogP contribution in [-0.4, -0.2) is 37.9 Å². The standard InChI is InChI=1S/C63H112O5/c1-4-7-10-13-16-19-22-25-28-30-32-33-36-38-41-44-47-50-53-56-62(64)67-60-61(68-63(65)57-54-51-48-45-42-39-35-27-24-21-18-15-12-9-6-3)59-66-58-55-52-49-46-43-40-37-34-31-29-26-23-20-17-14-11-8-5-2/h9,12,18,21,26-27,29,35,42,45,51,54,61H,4-8,10-11,13-17,19-20,22-25,28,30-34,36-41,43-44,46-50,52-53,55-60H2,1-3H3/b12-9-,21-18-,29-26-,35-27-,45-42-,54-51-. The SMILES string of the molecule is CC/C=C\C/C=C\C/C=C\C/C=C\C/C=C\CC(=O)OC(COCCCCCCCCCC/C=C\CCCCCCCC)COC(=O)CCCCCCCCCCCCCCCCCCCCC. The van der Waals surface area contributed by atoms with Crippen molar-refractivity contribution in [1.29, 1.82) is 0 Å². The van der Waals surface area contributed by atoms with Crippen molar-refractivity contribution in [3.8, 4) is 0 Å². The smallest absolute Gasteiger partial charge is 0.310 e. The van der Waals surface area contributed by atoms with E-state index in [0.29, 0.717) is 13.0 Å². The first-order valence-corrected chi connectivity index (χ1v) is 29.5. The Kier molecular flexibility index (Phi) is 56.4. The Balaban J connectivity index is 4.33. The molecule has 0 spiro atoms. The van der Waals surface area contributed by atoms with Crippen LogP contribution in [0.25, 0.3) is 0 Å². The van der Waals surface area contributed by atoms with Crippen molar-refractivity contribution < 1.29 is 23.8 Å². The minimum atomic E-state index is -0.593. The van der Waals surface area contributed by atoms with E-state index in [-0.39, 0.29) is 31.6 Å². The highest BCUT2D eigenvalue weighted by atomic mass is 16.6. The highest BCUT2D eigenvalue weighted by Gasteiger charge is 2.17. The summed E-state index contributed by atoms with van der Waals surface area (Å²) in [5.74, 6) is -0.533. The molecule has 0 aliphatic heterocycles. The topological polar surface area (TPSA) is 61.8 Å². The monoisotopic (exact) mass is 949 g/mol. The quantitative estimate of drug-likeness (QED) is 0.0345. The molecule has 5 heteroatoms. The third kappa shape index (κ3) is 55.9. The lowest BCUT2D eigenvalue weighted by Gasteiger charge is -2.18. The zero-order valence-electron chi connectivity index (χ0n) is 45.4. The number of esters is 2. The number of allylic oxidation sites excluding steroid dienone is 11. The van der Waals surface area contributed by atoms with Crippen LogP contribution >= 0.6 is 0 Å². The predicted molar refractivity (Wildman–Crippen MR) is 297 cm³/mol. The third-order valence-electron chi connectivity index (χ3n) is 12.8. The maximum Gasteiger partial charge on any atom is 0.310 e. The van der Waals surface area contributed by atoms with Gasteiger partial charge >= 0.3 is 11.9 Å². The summed E-state index contributed by atoms with van der Waals surface area (Å²) in [6.45, 7) is 7.64. The summed E-state index contributed by atoms with van der Waals surface area (Å²) in [6.07, 6.45) is 76.7.